The zero-order valence-electron chi connectivity index (χ0n) is 39.1. The molecule has 2 aliphatic rings. The van der Waals surface area contributed by atoms with Gasteiger partial charge in [-0.25, -0.2) is 0 Å². The molecular weight excluding hydrogens is 767 g/mol. The first-order chi connectivity index (χ1) is 29.2. The summed E-state index contributed by atoms with van der Waals surface area (Å²) in [6, 6.07) is 51.7. The fourth-order valence-electron chi connectivity index (χ4n) is 10.6. The van der Waals surface area contributed by atoms with Crippen LogP contribution in [0.2, 0.25) is 0 Å². The molecule has 1 nitrogen and oxygen atoms in total. The molecule has 0 spiro atoms. The standard InChI is InChI=1S/C60H61NS/c1-56(2,3)36-25-28-41-43-30-27-39(35-51(43)60(12,13)49(41)32-36)61(38-26-29-42-40-19-14-16-23-48(40)59(10,11)50(42)34-38)53-24-17-15-20-44(53)45-21-18-22-46-47-31-37(57(4,5)6)33-52(58(7,8)9)55(47)62-54(45)46/h14-35H,1-13H3. The first-order valence-electron chi connectivity index (χ1n) is 22.6. The maximum atomic E-state index is 2.55. The summed E-state index contributed by atoms with van der Waals surface area (Å²) in [7, 11) is 0. The van der Waals surface area contributed by atoms with Crippen LogP contribution in [0.5, 0.6) is 0 Å². The number of anilines is 3. The van der Waals surface area contributed by atoms with Gasteiger partial charge in [-0.2, -0.15) is 0 Å². The zero-order valence-corrected chi connectivity index (χ0v) is 39.9. The van der Waals surface area contributed by atoms with Gasteiger partial charge < -0.3 is 4.90 Å². The Hall–Kier alpha value is -5.44. The topological polar surface area (TPSA) is 3.24 Å². The van der Waals surface area contributed by atoms with Crippen LogP contribution in [0.4, 0.5) is 17.1 Å². The monoisotopic (exact) mass is 827 g/mol. The van der Waals surface area contributed by atoms with Crippen molar-refractivity contribution >= 4 is 48.6 Å². The molecule has 0 radical (unpaired) electrons. The Morgan fingerprint density at radius 2 is 0.903 bits per heavy atom. The fourth-order valence-corrected chi connectivity index (χ4v) is 12.1. The van der Waals surface area contributed by atoms with E-state index in [1.54, 1.807) is 0 Å². The molecule has 0 atom stereocenters. The van der Waals surface area contributed by atoms with E-state index in [9.17, 15) is 0 Å². The highest BCUT2D eigenvalue weighted by Crippen LogP contribution is 2.55. The molecule has 7 aromatic carbocycles. The lowest BCUT2D eigenvalue weighted by Crippen LogP contribution is -2.19. The lowest BCUT2D eigenvalue weighted by molar-refractivity contribution is 0.573. The minimum atomic E-state index is -0.159. The molecule has 0 saturated heterocycles. The number of hydrogen-bond donors (Lipinski definition) is 0. The number of benzene rings is 7. The highest BCUT2D eigenvalue weighted by molar-refractivity contribution is 7.26. The third-order valence-electron chi connectivity index (χ3n) is 14.3. The average Bonchev–Trinajstić information content (AvgIpc) is 3.79. The minimum absolute atomic E-state index is 0.00553. The van der Waals surface area contributed by atoms with Crippen molar-refractivity contribution in [2.24, 2.45) is 0 Å². The highest BCUT2D eigenvalue weighted by Gasteiger charge is 2.39. The Kier molecular flexibility index (Phi) is 8.87. The summed E-state index contributed by atoms with van der Waals surface area (Å²) in [5.74, 6) is 0. The van der Waals surface area contributed by atoms with Crippen LogP contribution in [-0.4, -0.2) is 0 Å². The maximum Gasteiger partial charge on any atom is 0.0540 e. The van der Waals surface area contributed by atoms with E-state index >= 15 is 0 Å². The predicted octanol–water partition coefficient (Wildman–Crippen LogP) is 17.7. The Labute approximate surface area is 374 Å². The van der Waals surface area contributed by atoms with Gasteiger partial charge in [0.05, 0.1) is 5.69 Å². The summed E-state index contributed by atoms with van der Waals surface area (Å²) in [5, 5.41) is 2.71. The van der Waals surface area contributed by atoms with Crippen molar-refractivity contribution < 1.29 is 0 Å². The van der Waals surface area contributed by atoms with Crippen molar-refractivity contribution in [3.8, 4) is 33.4 Å². The molecule has 2 aliphatic carbocycles. The SMILES string of the molecule is CC(C)(C)c1ccc2c(c1)C(C)(C)c1cc(N(c3ccc4c(c3)C(C)(C)c3ccccc3-4)c3ccccc3-c3cccc4c3sc3c(C(C)(C)C)cc(C(C)(C)C)cc34)ccc1-2. The van der Waals surface area contributed by atoms with Crippen LogP contribution in [0.15, 0.2) is 133 Å². The van der Waals surface area contributed by atoms with Gasteiger partial charge in [0.25, 0.3) is 0 Å². The molecule has 312 valence electrons. The molecule has 1 heterocycles. The van der Waals surface area contributed by atoms with Crippen LogP contribution in [0.1, 0.15) is 129 Å². The van der Waals surface area contributed by atoms with Gasteiger partial charge in [0.1, 0.15) is 0 Å². The van der Waals surface area contributed by atoms with Crippen molar-refractivity contribution in [3.63, 3.8) is 0 Å². The van der Waals surface area contributed by atoms with Crippen LogP contribution >= 0.6 is 11.3 Å². The lowest BCUT2D eigenvalue weighted by atomic mass is 9.79. The average molecular weight is 828 g/mol. The molecule has 0 bridgehead atoms. The number of rotatable bonds is 4. The Morgan fingerprint density at radius 3 is 1.52 bits per heavy atom. The molecule has 62 heavy (non-hydrogen) atoms. The minimum Gasteiger partial charge on any atom is -0.310 e. The molecule has 0 N–H and O–H groups in total. The van der Waals surface area contributed by atoms with E-state index in [0.29, 0.717) is 0 Å². The smallest absolute Gasteiger partial charge is 0.0540 e. The molecule has 2 heteroatoms. The van der Waals surface area contributed by atoms with Crippen molar-refractivity contribution in [2.45, 2.75) is 117 Å². The predicted molar refractivity (Wildman–Crippen MR) is 271 cm³/mol. The van der Waals surface area contributed by atoms with Gasteiger partial charge in [-0.15, -0.1) is 11.3 Å². The normalized spacial score (nSPS) is 15.1. The summed E-state index contributed by atoms with van der Waals surface area (Å²) >= 11 is 1.97. The number of hydrogen-bond acceptors (Lipinski definition) is 2. The second-order valence-electron chi connectivity index (χ2n) is 22.3. The molecule has 10 rings (SSSR count). The van der Waals surface area contributed by atoms with Crippen molar-refractivity contribution in [2.75, 3.05) is 4.90 Å². The molecule has 0 saturated carbocycles. The van der Waals surface area contributed by atoms with E-state index in [2.05, 4.69) is 228 Å². The Morgan fingerprint density at radius 1 is 0.387 bits per heavy atom. The van der Waals surface area contributed by atoms with E-state index in [0.717, 1.165) is 0 Å². The Balaban J connectivity index is 1.21. The molecule has 0 unspecified atom stereocenters. The summed E-state index contributed by atoms with van der Waals surface area (Å²) < 4.78 is 2.75. The van der Waals surface area contributed by atoms with Gasteiger partial charge in [-0.05, 0) is 114 Å². The van der Waals surface area contributed by atoms with Crippen LogP contribution < -0.4 is 4.90 Å². The van der Waals surface area contributed by atoms with Crippen molar-refractivity contribution in [1.82, 2.24) is 0 Å². The first kappa shape index (κ1) is 40.6. The number of fused-ring (bicyclic) bond motifs is 9. The highest BCUT2D eigenvalue weighted by atomic mass is 32.1. The Bertz CT molecular complexity index is 3130. The van der Waals surface area contributed by atoms with Crippen LogP contribution in [0, 0.1) is 0 Å². The van der Waals surface area contributed by atoms with Crippen molar-refractivity contribution in [1.29, 1.82) is 0 Å². The van der Waals surface area contributed by atoms with E-state index in [1.807, 2.05) is 11.3 Å². The van der Waals surface area contributed by atoms with Gasteiger partial charge in [0.15, 0.2) is 0 Å². The zero-order chi connectivity index (χ0) is 43.9. The molecule has 8 aromatic rings. The van der Waals surface area contributed by atoms with Crippen LogP contribution in [0.25, 0.3) is 53.6 Å². The van der Waals surface area contributed by atoms with E-state index in [-0.39, 0.29) is 27.1 Å². The van der Waals surface area contributed by atoms with Gasteiger partial charge >= 0.3 is 0 Å². The van der Waals surface area contributed by atoms with Gasteiger partial charge in [0.2, 0.25) is 0 Å². The second-order valence-corrected chi connectivity index (χ2v) is 23.3. The van der Waals surface area contributed by atoms with Gasteiger partial charge in [-0.3, -0.25) is 0 Å². The molecule has 1 aromatic heterocycles. The molecule has 0 amide bonds. The summed E-state index contributed by atoms with van der Waals surface area (Å²) in [5.41, 5.74) is 21.0. The van der Waals surface area contributed by atoms with Crippen molar-refractivity contribution in [3.05, 3.63) is 172 Å². The summed E-state index contributed by atoms with van der Waals surface area (Å²) in [6.45, 7) is 30.7. The summed E-state index contributed by atoms with van der Waals surface area (Å²) in [4.78, 5) is 2.55. The second kappa shape index (κ2) is 13.5. The quantitative estimate of drug-likeness (QED) is 0.171. The number of thiophene rings is 1. The molecule has 0 aliphatic heterocycles. The fraction of sp³-hybridized carbons (Fsp3) is 0.300. The third-order valence-corrected chi connectivity index (χ3v) is 15.6. The van der Waals surface area contributed by atoms with Gasteiger partial charge in [0, 0.05) is 53.5 Å². The lowest BCUT2D eigenvalue weighted by Gasteiger charge is -2.31. The summed E-state index contributed by atoms with van der Waals surface area (Å²) in [6.07, 6.45) is 0. The third kappa shape index (κ3) is 6.15. The van der Waals surface area contributed by atoms with Crippen LogP contribution in [0.3, 0.4) is 0 Å². The maximum absolute atomic E-state index is 2.55. The van der Waals surface area contributed by atoms with E-state index in [4.69, 9.17) is 0 Å². The number of nitrogens with zero attached hydrogens (tertiary/aromatic N) is 1. The van der Waals surface area contributed by atoms with Gasteiger partial charge in [-0.1, -0.05) is 187 Å². The first-order valence-corrected chi connectivity index (χ1v) is 23.4. The number of para-hydroxylation sites is 1. The largest absolute Gasteiger partial charge is 0.310 e. The van der Waals surface area contributed by atoms with Crippen LogP contribution in [-0.2, 0) is 27.1 Å². The molecular formula is C60H61NS. The van der Waals surface area contributed by atoms with E-state index < -0.39 is 0 Å². The molecule has 0 fully saturated rings. The van der Waals surface area contributed by atoms with E-state index in [1.165, 1.54) is 110 Å².